The fraction of sp³-hybridized carbons (Fsp3) is 0.263. The standard InChI is InChI=1S/C19H20N4O3S/c24-18(16-7-4-8-17(13-16)23(25)26)20-19(27)22-11-9-21(10-12-22)14-15-5-2-1-3-6-15/h1-8,13H,9-12,14H2,(H,20,24,27). The Kier molecular flexibility index (Phi) is 6.10. The van der Waals surface area contributed by atoms with Crippen molar-refractivity contribution in [3.8, 4) is 0 Å². The van der Waals surface area contributed by atoms with Gasteiger partial charge in [-0.2, -0.15) is 0 Å². The Morgan fingerprint density at radius 1 is 1.07 bits per heavy atom. The summed E-state index contributed by atoms with van der Waals surface area (Å²) in [6.45, 7) is 4.03. The first-order valence-electron chi connectivity index (χ1n) is 8.64. The number of nitro benzene ring substituents is 1. The maximum absolute atomic E-state index is 12.3. The van der Waals surface area contributed by atoms with Crippen LogP contribution in [0.1, 0.15) is 15.9 Å². The van der Waals surface area contributed by atoms with Crippen LogP contribution in [0.3, 0.4) is 0 Å². The average Bonchev–Trinajstić information content (AvgIpc) is 2.69. The average molecular weight is 384 g/mol. The summed E-state index contributed by atoms with van der Waals surface area (Å²) in [6.07, 6.45) is 0. The zero-order chi connectivity index (χ0) is 19.2. The zero-order valence-corrected chi connectivity index (χ0v) is 15.5. The van der Waals surface area contributed by atoms with Crippen molar-refractivity contribution in [2.45, 2.75) is 6.54 Å². The van der Waals surface area contributed by atoms with Gasteiger partial charge in [0.25, 0.3) is 11.6 Å². The van der Waals surface area contributed by atoms with Crippen LogP contribution in [0.2, 0.25) is 0 Å². The summed E-state index contributed by atoms with van der Waals surface area (Å²) in [4.78, 5) is 26.9. The third-order valence-corrected chi connectivity index (χ3v) is 4.81. The highest BCUT2D eigenvalue weighted by Gasteiger charge is 2.21. The number of benzene rings is 2. The molecular formula is C19H20N4O3S. The Labute approximate surface area is 162 Å². The highest BCUT2D eigenvalue weighted by molar-refractivity contribution is 7.80. The lowest BCUT2D eigenvalue weighted by atomic mass is 10.2. The van der Waals surface area contributed by atoms with E-state index in [1.807, 2.05) is 23.1 Å². The molecule has 1 fully saturated rings. The van der Waals surface area contributed by atoms with Crippen molar-refractivity contribution in [1.82, 2.24) is 15.1 Å². The number of carbonyl (C=O) groups excluding carboxylic acids is 1. The molecule has 3 rings (SSSR count). The van der Waals surface area contributed by atoms with Gasteiger partial charge in [0.1, 0.15) is 0 Å². The number of hydrogen-bond acceptors (Lipinski definition) is 5. The first kappa shape index (κ1) is 18.9. The topological polar surface area (TPSA) is 78.7 Å². The molecule has 140 valence electrons. The van der Waals surface area contributed by atoms with Gasteiger partial charge >= 0.3 is 0 Å². The molecule has 1 aliphatic rings. The van der Waals surface area contributed by atoms with Crippen LogP contribution in [0.5, 0.6) is 0 Å². The van der Waals surface area contributed by atoms with Crippen LogP contribution in [0, 0.1) is 10.1 Å². The molecule has 7 nitrogen and oxygen atoms in total. The predicted octanol–water partition coefficient (Wildman–Crippen LogP) is 2.43. The normalized spacial score (nSPS) is 14.6. The largest absolute Gasteiger partial charge is 0.346 e. The Morgan fingerprint density at radius 2 is 1.78 bits per heavy atom. The fourth-order valence-corrected chi connectivity index (χ4v) is 3.24. The summed E-state index contributed by atoms with van der Waals surface area (Å²) in [6, 6.07) is 15.9. The monoisotopic (exact) mass is 384 g/mol. The number of hydrogen-bond donors (Lipinski definition) is 1. The molecule has 0 radical (unpaired) electrons. The van der Waals surface area contributed by atoms with Gasteiger partial charge in [-0.3, -0.25) is 25.1 Å². The molecule has 1 heterocycles. The van der Waals surface area contributed by atoms with Gasteiger partial charge in [-0.1, -0.05) is 36.4 Å². The highest BCUT2D eigenvalue weighted by atomic mass is 32.1. The summed E-state index contributed by atoms with van der Waals surface area (Å²) in [7, 11) is 0. The molecule has 0 bridgehead atoms. The maximum Gasteiger partial charge on any atom is 0.270 e. The predicted molar refractivity (Wildman–Crippen MR) is 106 cm³/mol. The van der Waals surface area contributed by atoms with Crippen LogP contribution in [0.15, 0.2) is 54.6 Å². The summed E-state index contributed by atoms with van der Waals surface area (Å²) in [5.41, 5.74) is 1.37. The molecule has 27 heavy (non-hydrogen) atoms. The van der Waals surface area contributed by atoms with Crippen LogP contribution in [0.4, 0.5) is 5.69 Å². The van der Waals surface area contributed by atoms with E-state index in [1.54, 1.807) is 0 Å². The third kappa shape index (κ3) is 5.08. The Bertz CT molecular complexity index is 836. The molecule has 0 spiro atoms. The molecule has 0 saturated carbocycles. The summed E-state index contributed by atoms with van der Waals surface area (Å²) < 4.78 is 0. The first-order chi connectivity index (χ1) is 13.0. The number of piperazine rings is 1. The number of amides is 1. The Balaban J connectivity index is 1.51. The lowest BCUT2D eigenvalue weighted by molar-refractivity contribution is -0.384. The molecule has 2 aromatic carbocycles. The van der Waals surface area contributed by atoms with E-state index in [2.05, 4.69) is 22.3 Å². The van der Waals surface area contributed by atoms with Gasteiger partial charge in [-0.25, -0.2) is 0 Å². The van der Waals surface area contributed by atoms with Gasteiger partial charge in [-0.05, 0) is 23.8 Å². The van der Waals surface area contributed by atoms with Gasteiger partial charge < -0.3 is 4.90 Å². The second-order valence-electron chi connectivity index (χ2n) is 6.32. The molecular weight excluding hydrogens is 364 g/mol. The fourth-order valence-electron chi connectivity index (χ4n) is 2.96. The maximum atomic E-state index is 12.3. The minimum atomic E-state index is -0.527. The van der Waals surface area contributed by atoms with Crippen molar-refractivity contribution >= 4 is 28.9 Å². The highest BCUT2D eigenvalue weighted by Crippen LogP contribution is 2.13. The van der Waals surface area contributed by atoms with Crippen molar-refractivity contribution in [1.29, 1.82) is 0 Å². The van der Waals surface area contributed by atoms with Crippen LogP contribution in [-0.4, -0.2) is 51.9 Å². The summed E-state index contributed by atoms with van der Waals surface area (Å²) in [5, 5.41) is 13.9. The molecule has 0 aromatic heterocycles. The van der Waals surface area contributed by atoms with Gasteiger partial charge in [0.15, 0.2) is 5.11 Å². The van der Waals surface area contributed by atoms with E-state index < -0.39 is 10.8 Å². The van der Waals surface area contributed by atoms with Crippen LogP contribution >= 0.6 is 12.2 Å². The third-order valence-electron chi connectivity index (χ3n) is 4.45. The summed E-state index contributed by atoms with van der Waals surface area (Å²) >= 11 is 5.34. The molecule has 1 amide bonds. The lowest BCUT2D eigenvalue weighted by Crippen LogP contribution is -2.52. The van der Waals surface area contributed by atoms with Crippen molar-refractivity contribution in [2.24, 2.45) is 0 Å². The number of nitro groups is 1. The molecule has 0 atom stereocenters. The number of carbonyl (C=O) groups is 1. The molecule has 1 aliphatic heterocycles. The quantitative estimate of drug-likeness (QED) is 0.496. The van der Waals surface area contributed by atoms with Gasteiger partial charge in [-0.15, -0.1) is 0 Å². The minimum absolute atomic E-state index is 0.122. The van der Waals surface area contributed by atoms with Gasteiger partial charge in [0.2, 0.25) is 0 Å². The second-order valence-corrected chi connectivity index (χ2v) is 6.70. The van der Waals surface area contributed by atoms with Crippen molar-refractivity contribution in [3.05, 3.63) is 75.8 Å². The van der Waals surface area contributed by atoms with E-state index in [0.717, 1.165) is 32.7 Å². The molecule has 8 heteroatoms. The smallest absolute Gasteiger partial charge is 0.270 e. The SMILES string of the molecule is O=C(NC(=S)N1CCN(Cc2ccccc2)CC1)c1cccc([N+](=O)[O-])c1. The molecule has 0 unspecified atom stereocenters. The van der Waals surface area contributed by atoms with E-state index in [-0.39, 0.29) is 11.3 Å². The number of nitrogens with one attached hydrogen (secondary N) is 1. The van der Waals surface area contributed by atoms with E-state index in [9.17, 15) is 14.9 Å². The van der Waals surface area contributed by atoms with E-state index in [0.29, 0.717) is 5.11 Å². The Morgan fingerprint density at radius 3 is 2.44 bits per heavy atom. The number of non-ortho nitro benzene ring substituents is 1. The van der Waals surface area contributed by atoms with E-state index >= 15 is 0 Å². The van der Waals surface area contributed by atoms with Crippen LogP contribution < -0.4 is 5.32 Å². The molecule has 1 N–H and O–H groups in total. The lowest BCUT2D eigenvalue weighted by Gasteiger charge is -2.36. The number of rotatable bonds is 4. The van der Waals surface area contributed by atoms with Gasteiger partial charge in [0, 0.05) is 50.4 Å². The first-order valence-corrected chi connectivity index (χ1v) is 9.05. The Hall–Kier alpha value is -2.84. The van der Waals surface area contributed by atoms with E-state index in [1.165, 1.54) is 29.8 Å². The van der Waals surface area contributed by atoms with Crippen molar-refractivity contribution in [2.75, 3.05) is 26.2 Å². The van der Waals surface area contributed by atoms with Crippen molar-refractivity contribution < 1.29 is 9.72 Å². The van der Waals surface area contributed by atoms with Gasteiger partial charge in [0.05, 0.1) is 4.92 Å². The van der Waals surface area contributed by atoms with Crippen LogP contribution in [-0.2, 0) is 6.54 Å². The van der Waals surface area contributed by atoms with E-state index in [4.69, 9.17) is 12.2 Å². The van der Waals surface area contributed by atoms with Crippen LogP contribution in [0.25, 0.3) is 0 Å². The molecule has 2 aromatic rings. The molecule has 1 saturated heterocycles. The van der Waals surface area contributed by atoms with Crippen molar-refractivity contribution in [3.63, 3.8) is 0 Å². The second kappa shape index (κ2) is 8.70. The minimum Gasteiger partial charge on any atom is -0.346 e. The summed E-state index contributed by atoms with van der Waals surface area (Å²) in [5.74, 6) is -0.435. The number of nitrogens with zero attached hydrogens (tertiary/aromatic N) is 3. The number of thiocarbonyl (C=S) groups is 1. The zero-order valence-electron chi connectivity index (χ0n) is 14.7. The molecule has 0 aliphatic carbocycles.